The zero-order chi connectivity index (χ0) is 12.3. The predicted molar refractivity (Wildman–Crippen MR) is 66.6 cm³/mol. The molecule has 0 radical (unpaired) electrons. The van der Waals surface area contributed by atoms with E-state index in [4.69, 9.17) is 28.3 Å². The van der Waals surface area contributed by atoms with E-state index in [2.05, 4.69) is 0 Å². The lowest BCUT2D eigenvalue weighted by atomic mass is 10.2. The van der Waals surface area contributed by atoms with Gasteiger partial charge >= 0.3 is 5.97 Å². The Kier molecular flexibility index (Phi) is 4.44. The summed E-state index contributed by atoms with van der Waals surface area (Å²) in [4.78, 5) is 12.4. The summed E-state index contributed by atoms with van der Waals surface area (Å²) < 4.78 is 0. The van der Waals surface area contributed by atoms with Crippen LogP contribution < -0.4 is 4.90 Å². The second-order valence-corrected chi connectivity index (χ2v) is 4.50. The van der Waals surface area contributed by atoms with Crippen LogP contribution in [0, 0.1) is 0 Å². The quantitative estimate of drug-likeness (QED) is 0.905. The molecule has 3 nitrogen and oxygen atoms in total. The van der Waals surface area contributed by atoms with Crippen LogP contribution >= 0.6 is 23.2 Å². The lowest BCUT2D eigenvalue weighted by molar-refractivity contribution is -0.137. The van der Waals surface area contributed by atoms with Gasteiger partial charge in [-0.25, -0.2) is 0 Å². The number of hydrogen-bond acceptors (Lipinski definition) is 2. The molecule has 1 rings (SSSR count). The minimum atomic E-state index is -0.829. The molecule has 0 saturated carbocycles. The molecule has 0 aliphatic carbocycles. The number of nitrogens with zero attached hydrogens (tertiary/aromatic N) is 1. The van der Waals surface area contributed by atoms with Gasteiger partial charge in [0, 0.05) is 18.1 Å². The molecular formula is C11H13Cl2NO2. The first-order chi connectivity index (χ1) is 7.41. The van der Waals surface area contributed by atoms with E-state index in [0.29, 0.717) is 10.0 Å². The monoisotopic (exact) mass is 261 g/mol. The first kappa shape index (κ1) is 13.1. The summed E-state index contributed by atoms with van der Waals surface area (Å²) >= 11 is 11.8. The molecule has 0 spiro atoms. The number of hydrogen-bond donors (Lipinski definition) is 1. The van der Waals surface area contributed by atoms with Crippen molar-refractivity contribution in [1.82, 2.24) is 0 Å². The molecular weight excluding hydrogens is 249 g/mol. The van der Waals surface area contributed by atoms with E-state index < -0.39 is 5.97 Å². The minimum absolute atomic E-state index is 0.0649. The van der Waals surface area contributed by atoms with Crippen molar-refractivity contribution < 1.29 is 9.90 Å². The van der Waals surface area contributed by atoms with E-state index in [1.165, 1.54) is 0 Å². The lowest BCUT2D eigenvalue weighted by Crippen LogP contribution is -2.31. The molecule has 0 aliphatic rings. The standard InChI is InChI=1S/C11H13Cl2NO2/c1-7(5-11(15)16)14(2)10-4-3-8(12)6-9(10)13/h3-4,6-7H,5H2,1-2H3,(H,15,16). The van der Waals surface area contributed by atoms with E-state index in [1.807, 2.05) is 18.9 Å². The molecule has 5 heteroatoms. The maximum Gasteiger partial charge on any atom is 0.305 e. The van der Waals surface area contributed by atoms with Crippen LogP contribution in [0.3, 0.4) is 0 Å². The van der Waals surface area contributed by atoms with Crippen LogP contribution in [0.15, 0.2) is 18.2 Å². The molecule has 1 unspecified atom stereocenters. The smallest absolute Gasteiger partial charge is 0.305 e. The topological polar surface area (TPSA) is 40.5 Å². The van der Waals surface area contributed by atoms with Gasteiger partial charge in [0.1, 0.15) is 0 Å². The summed E-state index contributed by atoms with van der Waals surface area (Å²) in [6.45, 7) is 1.83. The Morgan fingerprint density at radius 3 is 2.62 bits per heavy atom. The van der Waals surface area contributed by atoms with Crippen LogP contribution in [0.1, 0.15) is 13.3 Å². The number of halogens is 2. The van der Waals surface area contributed by atoms with Crippen LogP contribution in [-0.2, 0) is 4.79 Å². The molecule has 1 aromatic carbocycles. The third-order valence-electron chi connectivity index (χ3n) is 2.42. The van der Waals surface area contributed by atoms with Gasteiger partial charge in [0.15, 0.2) is 0 Å². The van der Waals surface area contributed by atoms with Crippen molar-refractivity contribution in [2.45, 2.75) is 19.4 Å². The van der Waals surface area contributed by atoms with Crippen molar-refractivity contribution in [3.8, 4) is 0 Å². The molecule has 0 fully saturated rings. The number of benzene rings is 1. The third kappa shape index (κ3) is 3.29. The molecule has 88 valence electrons. The summed E-state index contributed by atoms with van der Waals surface area (Å²) in [5, 5.41) is 9.80. The van der Waals surface area contributed by atoms with Gasteiger partial charge in [-0.3, -0.25) is 4.79 Å². The molecule has 0 saturated heterocycles. The van der Waals surface area contributed by atoms with Crippen LogP contribution in [0.5, 0.6) is 0 Å². The maximum absolute atomic E-state index is 10.6. The second-order valence-electron chi connectivity index (χ2n) is 3.65. The fraction of sp³-hybridized carbons (Fsp3) is 0.364. The fourth-order valence-electron chi connectivity index (χ4n) is 1.39. The van der Waals surface area contributed by atoms with Gasteiger partial charge in [-0.15, -0.1) is 0 Å². The van der Waals surface area contributed by atoms with E-state index in [1.54, 1.807) is 18.2 Å². The summed E-state index contributed by atoms with van der Waals surface area (Å²) in [7, 11) is 1.81. The lowest BCUT2D eigenvalue weighted by Gasteiger charge is -2.26. The van der Waals surface area contributed by atoms with Crippen molar-refractivity contribution >= 4 is 34.9 Å². The highest BCUT2D eigenvalue weighted by Gasteiger charge is 2.15. The molecule has 0 amide bonds. The number of aliphatic carboxylic acids is 1. The second kappa shape index (κ2) is 5.41. The fourth-order valence-corrected chi connectivity index (χ4v) is 1.94. The minimum Gasteiger partial charge on any atom is -0.481 e. The van der Waals surface area contributed by atoms with Gasteiger partial charge in [-0.05, 0) is 25.1 Å². The predicted octanol–water partition coefficient (Wildman–Crippen LogP) is 3.29. The average molecular weight is 262 g/mol. The van der Waals surface area contributed by atoms with Crippen LogP contribution in [0.25, 0.3) is 0 Å². The molecule has 0 aliphatic heterocycles. The van der Waals surface area contributed by atoms with Gasteiger partial charge in [0.2, 0.25) is 0 Å². The first-order valence-electron chi connectivity index (χ1n) is 4.81. The van der Waals surface area contributed by atoms with E-state index in [-0.39, 0.29) is 12.5 Å². The normalized spacial score (nSPS) is 12.2. The average Bonchev–Trinajstić information content (AvgIpc) is 2.15. The summed E-state index contributed by atoms with van der Waals surface area (Å²) in [6, 6.07) is 5.02. The van der Waals surface area contributed by atoms with Gasteiger partial charge in [-0.2, -0.15) is 0 Å². The van der Waals surface area contributed by atoms with Crippen molar-refractivity contribution in [2.24, 2.45) is 0 Å². The summed E-state index contributed by atoms with van der Waals surface area (Å²) in [5.74, 6) is -0.829. The Hall–Kier alpha value is -0.930. The zero-order valence-electron chi connectivity index (χ0n) is 9.08. The van der Waals surface area contributed by atoms with E-state index in [9.17, 15) is 4.79 Å². The summed E-state index contributed by atoms with van der Waals surface area (Å²) in [5.41, 5.74) is 0.778. The molecule has 1 aromatic rings. The molecule has 1 N–H and O–H groups in total. The molecule has 0 aromatic heterocycles. The Morgan fingerprint density at radius 1 is 1.50 bits per heavy atom. The number of rotatable bonds is 4. The molecule has 0 heterocycles. The highest BCUT2D eigenvalue weighted by atomic mass is 35.5. The number of carboxylic acids is 1. The van der Waals surface area contributed by atoms with Crippen molar-refractivity contribution in [3.63, 3.8) is 0 Å². The van der Waals surface area contributed by atoms with Crippen LogP contribution in [0.2, 0.25) is 10.0 Å². The largest absolute Gasteiger partial charge is 0.481 e. The molecule has 0 bridgehead atoms. The molecule has 1 atom stereocenters. The van der Waals surface area contributed by atoms with Crippen LogP contribution in [0.4, 0.5) is 5.69 Å². The Labute approximate surface area is 105 Å². The SMILES string of the molecule is CC(CC(=O)O)N(C)c1ccc(Cl)cc1Cl. The van der Waals surface area contributed by atoms with Gasteiger partial charge in [0.05, 0.1) is 17.1 Å². The van der Waals surface area contributed by atoms with Crippen LogP contribution in [-0.4, -0.2) is 24.2 Å². The number of carbonyl (C=O) groups is 1. The Balaban J connectivity index is 2.87. The number of carboxylic acid groups (broad SMARTS) is 1. The van der Waals surface area contributed by atoms with Crippen molar-refractivity contribution in [3.05, 3.63) is 28.2 Å². The number of anilines is 1. The molecule has 16 heavy (non-hydrogen) atoms. The highest BCUT2D eigenvalue weighted by molar-refractivity contribution is 6.36. The third-order valence-corrected chi connectivity index (χ3v) is 2.96. The summed E-state index contributed by atoms with van der Waals surface area (Å²) in [6.07, 6.45) is 0.0649. The Morgan fingerprint density at radius 2 is 2.12 bits per heavy atom. The van der Waals surface area contributed by atoms with E-state index >= 15 is 0 Å². The zero-order valence-corrected chi connectivity index (χ0v) is 10.6. The maximum atomic E-state index is 10.6. The van der Waals surface area contributed by atoms with E-state index in [0.717, 1.165) is 5.69 Å². The first-order valence-corrected chi connectivity index (χ1v) is 5.57. The Bertz CT molecular complexity index is 396. The van der Waals surface area contributed by atoms with Gasteiger partial charge < -0.3 is 10.0 Å². The van der Waals surface area contributed by atoms with Crippen molar-refractivity contribution in [2.75, 3.05) is 11.9 Å². The van der Waals surface area contributed by atoms with Gasteiger partial charge in [0.25, 0.3) is 0 Å². The highest BCUT2D eigenvalue weighted by Crippen LogP contribution is 2.29. The van der Waals surface area contributed by atoms with Crippen molar-refractivity contribution in [1.29, 1.82) is 0 Å². The van der Waals surface area contributed by atoms with Gasteiger partial charge in [-0.1, -0.05) is 23.2 Å².